The van der Waals surface area contributed by atoms with Gasteiger partial charge in [-0.25, -0.2) is 8.42 Å². The molecule has 0 saturated heterocycles. The van der Waals surface area contributed by atoms with E-state index >= 15 is 0 Å². The number of pyridine rings is 1. The molecular formula is C18H21N3O5S. The van der Waals surface area contributed by atoms with Crippen molar-refractivity contribution in [3.05, 3.63) is 53.9 Å². The maximum atomic E-state index is 12.5. The predicted molar refractivity (Wildman–Crippen MR) is 100 cm³/mol. The number of rotatable bonds is 6. The SMILES string of the molecule is CNC(=O)c1ccc(S(=O)(=O)C[C@](C)(O)C(=O)Nc2ccc(C)nc2)cc1. The standard InChI is InChI=1S/C18H21N3O5S/c1-12-4-7-14(10-20-12)21-17(23)18(2,24)11-27(25,26)15-8-5-13(6-9-15)16(22)19-3/h4-10,24H,11H2,1-3H3,(H,19,22)(H,21,23)/t18-/m0/s1. The molecule has 9 heteroatoms. The lowest BCUT2D eigenvalue weighted by molar-refractivity contribution is -0.130. The van der Waals surface area contributed by atoms with Crippen LogP contribution in [0.2, 0.25) is 0 Å². The molecule has 0 radical (unpaired) electrons. The van der Waals surface area contributed by atoms with Crippen LogP contribution < -0.4 is 10.6 Å². The van der Waals surface area contributed by atoms with Gasteiger partial charge < -0.3 is 15.7 Å². The number of amides is 2. The van der Waals surface area contributed by atoms with Gasteiger partial charge in [-0.05, 0) is 50.2 Å². The van der Waals surface area contributed by atoms with Gasteiger partial charge in [-0.2, -0.15) is 0 Å². The van der Waals surface area contributed by atoms with Crippen molar-refractivity contribution in [3.63, 3.8) is 0 Å². The number of carbonyl (C=O) groups is 2. The summed E-state index contributed by atoms with van der Waals surface area (Å²) in [5.41, 5.74) is -0.767. The van der Waals surface area contributed by atoms with Crippen molar-refractivity contribution in [1.82, 2.24) is 10.3 Å². The van der Waals surface area contributed by atoms with Crippen LogP contribution in [0.25, 0.3) is 0 Å². The summed E-state index contributed by atoms with van der Waals surface area (Å²) in [4.78, 5) is 27.8. The lowest BCUT2D eigenvalue weighted by Crippen LogP contribution is -2.45. The second kappa shape index (κ2) is 7.85. The number of anilines is 1. The first kappa shape index (κ1) is 20.5. The van der Waals surface area contributed by atoms with Gasteiger partial charge in [-0.3, -0.25) is 14.6 Å². The third-order valence-corrected chi connectivity index (χ3v) is 5.76. The van der Waals surface area contributed by atoms with E-state index in [0.29, 0.717) is 11.3 Å². The molecule has 0 aliphatic rings. The van der Waals surface area contributed by atoms with Crippen LogP contribution in [0.15, 0.2) is 47.5 Å². The number of aryl methyl sites for hydroxylation is 1. The van der Waals surface area contributed by atoms with Gasteiger partial charge in [-0.15, -0.1) is 0 Å². The van der Waals surface area contributed by atoms with Crippen LogP contribution in [0.1, 0.15) is 23.0 Å². The number of aliphatic hydroxyl groups is 1. The van der Waals surface area contributed by atoms with Crippen LogP contribution in [-0.2, 0) is 14.6 Å². The van der Waals surface area contributed by atoms with Gasteiger partial charge in [0.2, 0.25) is 0 Å². The number of aromatic nitrogens is 1. The molecule has 0 aliphatic heterocycles. The van der Waals surface area contributed by atoms with Crippen molar-refractivity contribution in [3.8, 4) is 0 Å². The number of carbonyl (C=O) groups excluding carboxylic acids is 2. The summed E-state index contributed by atoms with van der Waals surface area (Å²) < 4.78 is 25.1. The summed E-state index contributed by atoms with van der Waals surface area (Å²) >= 11 is 0. The average molecular weight is 391 g/mol. The quantitative estimate of drug-likeness (QED) is 0.672. The maximum Gasteiger partial charge on any atom is 0.257 e. The Hall–Kier alpha value is -2.78. The van der Waals surface area contributed by atoms with E-state index in [9.17, 15) is 23.1 Å². The molecule has 1 aromatic heterocycles. The molecule has 27 heavy (non-hydrogen) atoms. The maximum absolute atomic E-state index is 12.5. The van der Waals surface area contributed by atoms with Crippen molar-refractivity contribution < 1.29 is 23.1 Å². The summed E-state index contributed by atoms with van der Waals surface area (Å²) in [6, 6.07) is 8.52. The molecule has 0 saturated carbocycles. The Kier molecular flexibility index (Phi) is 5.97. The largest absolute Gasteiger partial charge is 0.379 e. The fourth-order valence-corrected chi connectivity index (χ4v) is 3.87. The first-order valence-corrected chi connectivity index (χ1v) is 9.72. The van der Waals surface area contributed by atoms with Gasteiger partial charge in [0.25, 0.3) is 11.8 Å². The van der Waals surface area contributed by atoms with Crippen molar-refractivity contribution >= 4 is 27.3 Å². The van der Waals surface area contributed by atoms with Gasteiger partial charge in [0, 0.05) is 18.3 Å². The minimum absolute atomic E-state index is 0.0970. The molecule has 1 atom stereocenters. The highest BCUT2D eigenvalue weighted by Gasteiger charge is 2.36. The summed E-state index contributed by atoms with van der Waals surface area (Å²) in [6.07, 6.45) is 1.41. The molecule has 0 unspecified atom stereocenters. The highest BCUT2D eigenvalue weighted by Crippen LogP contribution is 2.19. The highest BCUT2D eigenvalue weighted by molar-refractivity contribution is 7.91. The molecule has 2 aromatic rings. The van der Waals surface area contributed by atoms with E-state index in [1.54, 1.807) is 19.1 Å². The molecule has 2 rings (SSSR count). The summed E-state index contributed by atoms with van der Waals surface area (Å²) in [6.45, 7) is 2.91. The average Bonchev–Trinajstić information content (AvgIpc) is 2.62. The van der Waals surface area contributed by atoms with Gasteiger partial charge >= 0.3 is 0 Å². The zero-order valence-electron chi connectivity index (χ0n) is 15.2. The summed E-state index contributed by atoms with van der Waals surface area (Å²) in [7, 11) is -2.50. The zero-order chi connectivity index (χ0) is 20.2. The Labute approximate surface area is 157 Å². The van der Waals surface area contributed by atoms with Crippen LogP contribution >= 0.6 is 0 Å². The summed E-state index contributed by atoms with van der Waals surface area (Å²) in [5.74, 6) is -2.03. The van der Waals surface area contributed by atoms with Crippen LogP contribution in [0.5, 0.6) is 0 Å². The number of nitrogens with one attached hydrogen (secondary N) is 2. The first-order chi connectivity index (χ1) is 12.5. The molecule has 0 aliphatic carbocycles. The zero-order valence-corrected chi connectivity index (χ0v) is 16.0. The molecule has 144 valence electrons. The smallest absolute Gasteiger partial charge is 0.257 e. The monoisotopic (exact) mass is 391 g/mol. The molecule has 1 aromatic carbocycles. The first-order valence-electron chi connectivity index (χ1n) is 8.06. The van der Waals surface area contributed by atoms with Gasteiger partial charge in [0.1, 0.15) is 0 Å². The van der Waals surface area contributed by atoms with Gasteiger partial charge in [0.15, 0.2) is 15.4 Å². The van der Waals surface area contributed by atoms with Crippen molar-refractivity contribution in [2.45, 2.75) is 24.3 Å². The third-order valence-electron chi connectivity index (χ3n) is 3.83. The van der Waals surface area contributed by atoms with Crippen LogP contribution in [0, 0.1) is 6.92 Å². The second-order valence-corrected chi connectivity index (χ2v) is 8.27. The number of hydrogen-bond donors (Lipinski definition) is 3. The minimum Gasteiger partial charge on any atom is -0.379 e. The number of sulfone groups is 1. The molecule has 2 amide bonds. The third kappa shape index (κ3) is 5.11. The second-order valence-electron chi connectivity index (χ2n) is 6.28. The predicted octanol–water partition coefficient (Wildman–Crippen LogP) is 0.913. The molecule has 8 nitrogen and oxygen atoms in total. The van der Waals surface area contributed by atoms with E-state index < -0.39 is 27.1 Å². The van der Waals surface area contributed by atoms with E-state index in [2.05, 4.69) is 15.6 Å². The van der Waals surface area contributed by atoms with E-state index in [1.807, 2.05) is 0 Å². The Morgan fingerprint density at radius 1 is 1.15 bits per heavy atom. The van der Waals surface area contributed by atoms with Crippen molar-refractivity contribution in [2.24, 2.45) is 0 Å². The van der Waals surface area contributed by atoms with Gasteiger partial charge in [-0.1, -0.05) is 0 Å². The number of nitrogens with zero attached hydrogens (tertiary/aromatic N) is 1. The Bertz CT molecular complexity index is 936. The van der Waals surface area contributed by atoms with Crippen LogP contribution in [0.3, 0.4) is 0 Å². The van der Waals surface area contributed by atoms with Crippen LogP contribution in [-0.4, -0.2) is 48.7 Å². The topological polar surface area (TPSA) is 125 Å². The number of benzene rings is 1. The highest BCUT2D eigenvalue weighted by atomic mass is 32.2. The van der Waals surface area contributed by atoms with E-state index in [1.165, 1.54) is 37.5 Å². The molecule has 3 N–H and O–H groups in total. The molecular weight excluding hydrogens is 370 g/mol. The lowest BCUT2D eigenvalue weighted by Gasteiger charge is -2.22. The van der Waals surface area contributed by atoms with E-state index in [4.69, 9.17) is 0 Å². The lowest BCUT2D eigenvalue weighted by atomic mass is 10.1. The van der Waals surface area contributed by atoms with Crippen molar-refractivity contribution in [1.29, 1.82) is 0 Å². The Morgan fingerprint density at radius 2 is 1.78 bits per heavy atom. The van der Waals surface area contributed by atoms with Crippen molar-refractivity contribution in [2.75, 3.05) is 18.1 Å². The van der Waals surface area contributed by atoms with E-state index in [0.717, 1.165) is 12.6 Å². The van der Waals surface area contributed by atoms with E-state index in [-0.39, 0.29) is 10.8 Å². The fraction of sp³-hybridized carbons (Fsp3) is 0.278. The summed E-state index contributed by atoms with van der Waals surface area (Å²) in [5, 5.41) is 15.3. The molecule has 0 bridgehead atoms. The molecule has 0 fully saturated rings. The Morgan fingerprint density at radius 3 is 2.30 bits per heavy atom. The number of hydrogen-bond acceptors (Lipinski definition) is 6. The minimum atomic E-state index is -3.97. The molecule has 0 spiro atoms. The van der Waals surface area contributed by atoms with Crippen LogP contribution in [0.4, 0.5) is 5.69 Å². The molecule has 1 heterocycles. The van der Waals surface area contributed by atoms with Gasteiger partial charge in [0.05, 0.1) is 22.5 Å². The fourth-order valence-electron chi connectivity index (χ4n) is 2.28. The normalized spacial score (nSPS) is 13.5. The Balaban J connectivity index is 2.15.